The van der Waals surface area contributed by atoms with Gasteiger partial charge in [-0.1, -0.05) is 23.7 Å². The molecule has 0 radical (unpaired) electrons. The van der Waals surface area contributed by atoms with Gasteiger partial charge < -0.3 is 5.32 Å². The maximum absolute atomic E-state index is 12.4. The molecule has 0 bridgehead atoms. The second-order valence-corrected chi connectivity index (χ2v) is 5.88. The Hall–Kier alpha value is -1.94. The maximum Gasteiger partial charge on any atom is 0.272 e. The zero-order valence-electron chi connectivity index (χ0n) is 11.8. The van der Waals surface area contributed by atoms with Crippen LogP contribution in [-0.4, -0.2) is 15.9 Å². The number of carbonyl (C=O) groups is 1. The summed E-state index contributed by atoms with van der Waals surface area (Å²) in [6, 6.07) is 7.66. The molecule has 108 valence electrons. The molecule has 1 aromatic heterocycles. The van der Waals surface area contributed by atoms with Gasteiger partial charge in [-0.25, -0.2) is 4.98 Å². The standard InChI is InChI=1S/C16H16ClN3O/c1-11-9-19-14(10-18-11)15(21)20-16(7-2-8-16)12-3-5-13(17)6-4-12/h3-6,9-10H,2,7-8H2,1H3,(H,20,21). The van der Waals surface area contributed by atoms with E-state index < -0.39 is 0 Å². The van der Waals surface area contributed by atoms with Gasteiger partial charge in [-0.3, -0.25) is 9.78 Å². The number of aromatic nitrogens is 2. The predicted octanol–water partition coefficient (Wildman–Crippen LogP) is 3.25. The van der Waals surface area contributed by atoms with Gasteiger partial charge in [0.2, 0.25) is 0 Å². The van der Waals surface area contributed by atoms with Crippen LogP contribution in [0.15, 0.2) is 36.7 Å². The molecule has 4 nitrogen and oxygen atoms in total. The number of aryl methyl sites for hydroxylation is 1. The van der Waals surface area contributed by atoms with Crippen LogP contribution in [-0.2, 0) is 5.54 Å². The highest BCUT2D eigenvalue weighted by molar-refractivity contribution is 6.30. The van der Waals surface area contributed by atoms with Crippen molar-refractivity contribution in [3.63, 3.8) is 0 Å². The number of amides is 1. The summed E-state index contributed by atoms with van der Waals surface area (Å²) in [5.41, 5.74) is 1.93. The molecular formula is C16H16ClN3O. The fourth-order valence-corrected chi connectivity index (χ4v) is 2.70. The molecule has 0 atom stereocenters. The van der Waals surface area contributed by atoms with Gasteiger partial charge in [-0.15, -0.1) is 0 Å². The van der Waals surface area contributed by atoms with Gasteiger partial charge in [0, 0.05) is 11.2 Å². The number of carbonyl (C=O) groups excluding carboxylic acids is 1. The Bertz CT molecular complexity index is 648. The van der Waals surface area contributed by atoms with Crippen LogP contribution >= 0.6 is 11.6 Å². The third kappa shape index (κ3) is 2.76. The lowest BCUT2D eigenvalue weighted by Crippen LogP contribution is -2.51. The van der Waals surface area contributed by atoms with Crippen LogP contribution in [0.5, 0.6) is 0 Å². The summed E-state index contributed by atoms with van der Waals surface area (Å²) in [4.78, 5) is 20.6. The lowest BCUT2D eigenvalue weighted by molar-refractivity contribution is 0.0817. The molecule has 1 aromatic carbocycles. The highest BCUT2D eigenvalue weighted by Crippen LogP contribution is 2.41. The molecule has 0 unspecified atom stereocenters. The average molecular weight is 302 g/mol. The summed E-state index contributed by atoms with van der Waals surface area (Å²) < 4.78 is 0. The summed E-state index contributed by atoms with van der Waals surface area (Å²) in [6.07, 6.45) is 6.07. The van der Waals surface area contributed by atoms with Crippen molar-refractivity contribution in [1.29, 1.82) is 0 Å². The highest BCUT2D eigenvalue weighted by Gasteiger charge is 2.40. The van der Waals surface area contributed by atoms with E-state index in [4.69, 9.17) is 11.6 Å². The van der Waals surface area contributed by atoms with Crippen LogP contribution in [0.1, 0.15) is 41.0 Å². The van der Waals surface area contributed by atoms with Crippen molar-refractivity contribution >= 4 is 17.5 Å². The normalized spacial score (nSPS) is 16.1. The Kier molecular flexibility index (Phi) is 3.64. The number of rotatable bonds is 3. The minimum Gasteiger partial charge on any atom is -0.341 e. The smallest absolute Gasteiger partial charge is 0.272 e. The van der Waals surface area contributed by atoms with Gasteiger partial charge in [0.15, 0.2) is 0 Å². The third-order valence-electron chi connectivity index (χ3n) is 3.97. The van der Waals surface area contributed by atoms with Crippen LogP contribution < -0.4 is 5.32 Å². The third-order valence-corrected chi connectivity index (χ3v) is 4.22. The van der Waals surface area contributed by atoms with Gasteiger partial charge in [0.25, 0.3) is 5.91 Å². The first-order valence-electron chi connectivity index (χ1n) is 6.96. The van der Waals surface area contributed by atoms with Crippen molar-refractivity contribution < 1.29 is 4.79 Å². The van der Waals surface area contributed by atoms with Crippen LogP contribution in [0.25, 0.3) is 0 Å². The monoisotopic (exact) mass is 301 g/mol. The zero-order chi connectivity index (χ0) is 14.9. The van der Waals surface area contributed by atoms with E-state index in [9.17, 15) is 4.79 Å². The molecule has 0 spiro atoms. The summed E-state index contributed by atoms with van der Waals surface area (Å²) >= 11 is 5.93. The molecule has 1 saturated carbocycles. The number of halogens is 1. The molecule has 1 fully saturated rings. The largest absolute Gasteiger partial charge is 0.341 e. The first-order chi connectivity index (χ1) is 10.1. The van der Waals surface area contributed by atoms with Gasteiger partial charge >= 0.3 is 0 Å². The molecule has 1 aliphatic rings. The van der Waals surface area contributed by atoms with Crippen LogP contribution in [0.2, 0.25) is 5.02 Å². The molecule has 1 N–H and O–H groups in total. The van der Waals surface area contributed by atoms with Crippen LogP contribution in [0, 0.1) is 6.92 Å². The predicted molar refractivity (Wildman–Crippen MR) is 81.2 cm³/mol. The minimum atomic E-state index is -0.297. The van der Waals surface area contributed by atoms with Gasteiger partial charge in [0.05, 0.1) is 17.4 Å². The molecule has 1 aliphatic carbocycles. The van der Waals surface area contributed by atoms with Crippen LogP contribution in [0.3, 0.4) is 0 Å². The van der Waals surface area contributed by atoms with Crippen molar-refractivity contribution in [3.8, 4) is 0 Å². The second kappa shape index (κ2) is 5.45. The fraction of sp³-hybridized carbons (Fsp3) is 0.312. The number of hydrogen-bond donors (Lipinski definition) is 1. The summed E-state index contributed by atoms with van der Waals surface area (Å²) in [6.45, 7) is 1.84. The van der Waals surface area contributed by atoms with Crippen LogP contribution in [0.4, 0.5) is 0 Å². The number of nitrogens with one attached hydrogen (secondary N) is 1. The van der Waals surface area contributed by atoms with Crippen molar-refractivity contribution in [2.24, 2.45) is 0 Å². The zero-order valence-corrected chi connectivity index (χ0v) is 12.5. The van der Waals surface area contributed by atoms with Gasteiger partial charge in [-0.2, -0.15) is 0 Å². The van der Waals surface area contributed by atoms with Gasteiger partial charge in [-0.05, 0) is 43.9 Å². The first kappa shape index (κ1) is 14.0. The lowest BCUT2D eigenvalue weighted by Gasteiger charge is -2.43. The number of nitrogens with zero attached hydrogens (tertiary/aromatic N) is 2. The Morgan fingerprint density at radius 3 is 2.43 bits per heavy atom. The molecule has 1 heterocycles. The summed E-state index contributed by atoms with van der Waals surface area (Å²) in [5.74, 6) is -0.183. The Labute approximate surface area is 128 Å². The van der Waals surface area contributed by atoms with Gasteiger partial charge in [0.1, 0.15) is 5.69 Å². The molecule has 1 amide bonds. The van der Waals surface area contributed by atoms with E-state index in [1.165, 1.54) is 6.20 Å². The fourth-order valence-electron chi connectivity index (χ4n) is 2.58. The van der Waals surface area contributed by atoms with E-state index in [2.05, 4.69) is 15.3 Å². The van der Waals surface area contributed by atoms with E-state index in [-0.39, 0.29) is 11.4 Å². The topological polar surface area (TPSA) is 54.9 Å². The number of hydrogen-bond acceptors (Lipinski definition) is 3. The molecular weight excluding hydrogens is 286 g/mol. The lowest BCUT2D eigenvalue weighted by atomic mass is 9.71. The summed E-state index contributed by atoms with van der Waals surface area (Å²) in [5, 5.41) is 3.81. The van der Waals surface area contributed by atoms with E-state index >= 15 is 0 Å². The minimum absolute atomic E-state index is 0.183. The Morgan fingerprint density at radius 2 is 1.90 bits per heavy atom. The molecule has 21 heavy (non-hydrogen) atoms. The van der Waals surface area contributed by atoms with E-state index in [0.29, 0.717) is 10.7 Å². The number of benzene rings is 1. The van der Waals surface area contributed by atoms with Crippen molar-refractivity contribution in [1.82, 2.24) is 15.3 Å². The van der Waals surface area contributed by atoms with Crippen molar-refractivity contribution in [3.05, 3.63) is 58.6 Å². The Morgan fingerprint density at radius 1 is 1.19 bits per heavy atom. The molecule has 0 saturated heterocycles. The SMILES string of the molecule is Cc1cnc(C(=O)NC2(c3ccc(Cl)cc3)CCC2)cn1. The van der Waals surface area contributed by atoms with E-state index in [0.717, 1.165) is 30.5 Å². The molecule has 5 heteroatoms. The first-order valence-corrected chi connectivity index (χ1v) is 7.34. The van der Waals surface area contributed by atoms with Crippen molar-refractivity contribution in [2.75, 3.05) is 0 Å². The van der Waals surface area contributed by atoms with E-state index in [1.54, 1.807) is 6.20 Å². The second-order valence-electron chi connectivity index (χ2n) is 5.44. The Balaban J connectivity index is 1.82. The average Bonchev–Trinajstić information content (AvgIpc) is 2.44. The maximum atomic E-state index is 12.4. The molecule has 0 aliphatic heterocycles. The van der Waals surface area contributed by atoms with Crippen molar-refractivity contribution in [2.45, 2.75) is 31.7 Å². The molecule has 3 rings (SSSR count). The highest BCUT2D eigenvalue weighted by atomic mass is 35.5. The quantitative estimate of drug-likeness (QED) is 0.947. The van der Waals surface area contributed by atoms with E-state index in [1.807, 2.05) is 31.2 Å². The molecule has 2 aromatic rings. The summed E-state index contributed by atoms with van der Waals surface area (Å²) in [7, 11) is 0.